The van der Waals surface area contributed by atoms with E-state index in [2.05, 4.69) is 16.6 Å². The fraction of sp³-hybridized carbons (Fsp3) is 0.375. The summed E-state index contributed by atoms with van der Waals surface area (Å²) in [5.74, 6) is -0.0167. The smallest absolute Gasteiger partial charge is 0.229 e. The number of nitrogens with one attached hydrogen (secondary N) is 1. The van der Waals surface area contributed by atoms with Crippen LogP contribution >= 0.6 is 11.8 Å². The van der Waals surface area contributed by atoms with Gasteiger partial charge in [0.25, 0.3) is 0 Å². The first-order valence-electron chi connectivity index (χ1n) is 7.60. The summed E-state index contributed by atoms with van der Waals surface area (Å²) in [6.45, 7) is 4.81. The van der Waals surface area contributed by atoms with Crippen LogP contribution in [0.15, 0.2) is 41.8 Å². The molecule has 0 bridgehead atoms. The average molecular weight is 367 g/mol. The number of benzene rings is 1. The first-order valence-corrected chi connectivity index (χ1v) is 10.4. The fourth-order valence-electron chi connectivity index (χ4n) is 2.19. The zero-order valence-electron chi connectivity index (χ0n) is 13.9. The molecule has 1 aromatic heterocycles. The van der Waals surface area contributed by atoms with Crippen LogP contribution in [0.5, 0.6) is 0 Å². The number of rotatable bonds is 8. The van der Waals surface area contributed by atoms with E-state index in [-0.39, 0.29) is 11.0 Å². The van der Waals surface area contributed by atoms with Crippen LogP contribution in [0.2, 0.25) is 0 Å². The number of ketones is 1. The van der Waals surface area contributed by atoms with Crippen LogP contribution < -0.4 is 4.72 Å². The van der Waals surface area contributed by atoms with Crippen molar-refractivity contribution in [3.05, 3.63) is 42.2 Å². The van der Waals surface area contributed by atoms with Crippen molar-refractivity contribution in [2.45, 2.75) is 37.2 Å². The molecule has 1 atom stereocenters. The van der Waals surface area contributed by atoms with E-state index in [9.17, 15) is 13.2 Å². The van der Waals surface area contributed by atoms with Gasteiger partial charge in [0, 0.05) is 30.2 Å². The van der Waals surface area contributed by atoms with Gasteiger partial charge >= 0.3 is 0 Å². The third-order valence-electron chi connectivity index (χ3n) is 3.27. The van der Waals surface area contributed by atoms with E-state index in [0.717, 1.165) is 24.4 Å². The zero-order chi connectivity index (χ0) is 17.7. The van der Waals surface area contributed by atoms with Gasteiger partial charge in [0.05, 0.1) is 11.5 Å². The van der Waals surface area contributed by atoms with Gasteiger partial charge in [-0.1, -0.05) is 18.7 Å². The van der Waals surface area contributed by atoms with Crippen molar-refractivity contribution >= 4 is 33.3 Å². The highest BCUT2D eigenvalue weighted by Crippen LogP contribution is 2.25. The first-order chi connectivity index (χ1) is 11.3. The number of aryl methyl sites for hydroxylation is 1. The molecule has 0 aliphatic rings. The van der Waals surface area contributed by atoms with Crippen molar-refractivity contribution in [3.63, 3.8) is 0 Å². The molecule has 0 fully saturated rings. The van der Waals surface area contributed by atoms with Gasteiger partial charge in [-0.15, -0.1) is 0 Å². The molecule has 8 heteroatoms. The van der Waals surface area contributed by atoms with E-state index in [4.69, 9.17) is 0 Å². The number of aromatic nitrogens is 2. The molecule has 0 aliphatic carbocycles. The number of thioether (sulfide) groups is 1. The van der Waals surface area contributed by atoms with Gasteiger partial charge < -0.3 is 4.57 Å². The molecule has 6 nitrogen and oxygen atoms in total. The predicted octanol–water partition coefficient (Wildman–Crippen LogP) is 3.03. The summed E-state index contributed by atoms with van der Waals surface area (Å²) in [6, 6.07) is 6.43. The number of nitrogens with zero attached hydrogens (tertiary/aromatic N) is 2. The Labute approximate surface area is 146 Å². The minimum absolute atomic E-state index is 0.0167. The van der Waals surface area contributed by atoms with Gasteiger partial charge in [-0.3, -0.25) is 9.52 Å². The maximum Gasteiger partial charge on any atom is 0.229 e. The third kappa shape index (κ3) is 5.10. The number of carbonyl (C=O) groups is 1. The Hall–Kier alpha value is -1.80. The van der Waals surface area contributed by atoms with Crippen molar-refractivity contribution in [3.8, 4) is 0 Å². The lowest BCUT2D eigenvalue weighted by atomic mass is 10.1. The Bertz CT molecular complexity index is 798. The van der Waals surface area contributed by atoms with Crippen LogP contribution in [-0.2, 0) is 16.6 Å². The lowest BCUT2D eigenvalue weighted by Gasteiger charge is -2.12. The van der Waals surface area contributed by atoms with Crippen LogP contribution in [0.1, 0.15) is 30.6 Å². The molecule has 1 N–H and O–H groups in total. The van der Waals surface area contributed by atoms with Crippen molar-refractivity contribution in [2.24, 2.45) is 0 Å². The van der Waals surface area contributed by atoms with Crippen molar-refractivity contribution in [2.75, 3.05) is 11.0 Å². The number of Topliss-reactive ketones (excluding diaryl/α,β-unsaturated/α-hetero) is 1. The molecule has 0 amide bonds. The highest BCUT2D eigenvalue weighted by atomic mass is 32.2. The van der Waals surface area contributed by atoms with Gasteiger partial charge in [-0.25, -0.2) is 13.4 Å². The molecule has 0 aliphatic heterocycles. The second kappa shape index (κ2) is 7.85. The van der Waals surface area contributed by atoms with Crippen LogP contribution in [0.3, 0.4) is 0 Å². The maximum absolute atomic E-state index is 12.5. The van der Waals surface area contributed by atoms with Gasteiger partial charge in [-0.05, 0) is 37.6 Å². The summed E-state index contributed by atoms with van der Waals surface area (Å²) in [6.07, 6.45) is 5.74. The van der Waals surface area contributed by atoms with E-state index in [0.29, 0.717) is 11.3 Å². The minimum Gasteiger partial charge on any atom is -0.326 e. The second-order valence-electron chi connectivity index (χ2n) is 5.48. The fourth-order valence-corrected chi connectivity index (χ4v) is 3.72. The molecule has 2 aromatic rings. The standard InChI is InChI=1S/C16H21N3O3S2/c1-4-10-19-11-9-17-16(19)23-12(2)15(20)13-5-7-14(8-6-13)18-24(3,21)22/h5-9,11-12,18H,4,10H2,1-3H3/t12-/m0/s1. The molecule has 1 heterocycles. The Balaban J connectivity index is 2.06. The monoisotopic (exact) mass is 367 g/mol. The highest BCUT2D eigenvalue weighted by Gasteiger charge is 2.19. The third-order valence-corrected chi connectivity index (χ3v) is 4.99. The van der Waals surface area contributed by atoms with Gasteiger partial charge in [0.2, 0.25) is 10.0 Å². The topological polar surface area (TPSA) is 81.1 Å². The summed E-state index contributed by atoms with van der Waals surface area (Å²) >= 11 is 1.42. The largest absolute Gasteiger partial charge is 0.326 e. The van der Waals surface area contributed by atoms with Crippen LogP contribution in [0.25, 0.3) is 0 Å². The molecular weight excluding hydrogens is 346 g/mol. The Morgan fingerprint density at radius 3 is 2.58 bits per heavy atom. The van der Waals surface area contributed by atoms with Crippen molar-refractivity contribution < 1.29 is 13.2 Å². The molecule has 2 rings (SSSR count). The molecule has 0 radical (unpaired) electrons. The van der Waals surface area contributed by atoms with E-state index < -0.39 is 10.0 Å². The maximum atomic E-state index is 12.5. The van der Waals surface area contributed by atoms with Gasteiger partial charge in [0.15, 0.2) is 10.9 Å². The summed E-state index contributed by atoms with van der Waals surface area (Å²) in [4.78, 5) is 16.8. The Morgan fingerprint density at radius 1 is 1.33 bits per heavy atom. The normalized spacial score (nSPS) is 12.8. The number of anilines is 1. The summed E-state index contributed by atoms with van der Waals surface area (Å²) in [5, 5.41) is 0.546. The second-order valence-corrected chi connectivity index (χ2v) is 8.54. The lowest BCUT2D eigenvalue weighted by Crippen LogP contribution is -2.15. The molecule has 1 aromatic carbocycles. The van der Waals surface area contributed by atoms with E-state index in [1.807, 2.05) is 17.7 Å². The van der Waals surface area contributed by atoms with Crippen molar-refractivity contribution in [1.29, 1.82) is 0 Å². The molecular formula is C16H21N3O3S2. The van der Waals surface area contributed by atoms with Gasteiger partial charge in [-0.2, -0.15) is 0 Å². The van der Waals surface area contributed by atoms with E-state index in [1.165, 1.54) is 11.8 Å². The van der Waals surface area contributed by atoms with Gasteiger partial charge in [0.1, 0.15) is 0 Å². The molecule has 24 heavy (non-hydrogen) atoms. The minimum atomic E-state index is -3.32. The number of imidazole rings is 1. The number of hydrogen-bond donors (Lipinski definition) is 1. The lowest BCUT2D eigenvalue weighted by molar-refractivity contribution is 0.0994. The van der Waals surface area contributed by atoms with Crippen LogP contribution in [-0.4, -0.2) is 35.3 Å². The number of carbonyl (C=O) groups excluding carboxylic acids is 1. The Kier molecular flexibility index (Phi) is 6.06. The summed E-state index contributed by atoms with van der Waals surface area (Å²) in [7, 11) is -3.32. The van der Waals surface area contributed by atoms with Crippen LogP contribution in [0, 0.1) is 0 Å². The Morgan fingerprint density at radius 2 is 2.00 bits per heavy atom. The SMILES string of the molecule is CCCn1ccnc1S[C@@H](C)C(=O)c1ccc(NS(C)(=O)=O)cc1. The summed E-state index contributed by atoms with van der Waals surface area (Å²) < 4.78 is 26.8. The molecule has 0 saturated heterocycles. The van der Waals surface area contributed by atoms with E-state index >= 15 is 0 Å². The predicted molar refractivity (Wildman–Crippen MR) is 97.1 cm³/mol. The molecule has 130 valence electrons. The number of hydrogen-bond acceptors (Lipinski definition) is 5. The zero-order valence-corrected chi connectivity index (χ0v) is 15.5. The average Bonchev–Trinajstić information content (AvgIpc) is 2.93. The molecule has 0 saturated carbocycles. The van der Waals surface area contributed by atoms with Crippen LogP contribution in [0.4, 0.5) is 5.69 Å². The van der Waals surface area contributed by atoms with Crippen molar-refractivity contribution in [1.82, 2.24) is 9.55 Å². The molecule has 0 unspecified atom stereocenters. The quantitative estimate of drug-likeness (QED) is 0.573. The highest BCUT2D eigenvalue weighted by molar-refractivity contribution is 8.00. The molecule has 0 spiro atoms. The number of sulfonamides is 1. The first kappa shape index (κ1) is 18.5. The van der Waals surface area contributed by atoms with E-state index in [1.54, 1.807) is 30.5 Å². The summed E-state index contributed by atoms with van der Waals surface area (Å²) in [5.41, 5.74) is 0.982.